The molecule has 0 aromatic heterocycles. The molecule has 2 aliphatic rings. The van der Waals surface area contributed by atoms with Crippen LogP contribution in [0.25, 0.3) is 0 Å². The average Bonchev–Trinajstić information content (AvgIpc) is 2.66. The highest BCUT2D eigenvalue weighted by molar-refractivity contribution is 6.16. The molecular weight excluding hydrogens is 276 g/mol. The van der Waals surface area contributed by atoms with E-state index in [4.69, 9.17) is 9.47 Å². The van der Waals surface area contributed by atoms with Crippen LogP contribution in [0.2, 0.25) is 0 Å². The Morgan fingerprint density at radius 2 is 1.67 bits per heavy atom. The minimum atomic E-state index is -0.934. The highest BCUT2D eigenvalue weighted by Gasteiger charge is 2.35. The third-order valence-electron chi connectivity index (χ3n) is 3.27. The highest BCUT2D eigenvalue weighted by Crippen LogP contribution is 2.39. The molecule has 2 N–H and O–H groups in total. The largest absolute Gasteiger partial charge is 0.449 e. The van der Waals surface area contributed by atoms with Gasteiger partial charge in [0.2, 0.25) is 17.6 Å². The number of benzene rings is 1. The van der Waals surface area contributed by atoms with Gasteiger partial charge in [-0.25, -0.2) is 4.79 Å². The second kappa shape index (κ2) is 4.47. The van der Waals surface area contributed by atoms with E-state index in [9.17, 15) is 14.4 Å². The molecule has 2 aliphatic heterocycles. The van der Waals surface area contributed by atoms with Crippen LogP contribution in [-0.2, 0) is 16.0 Å². The first-order valence-corrected chi connectivity index (χ1v) is 6.51. The van der Waals surface area contributed by atoms with Crippen molar-refractivity contribution in [2.45, 2.75) is 26.1 Å². The zero-order valence-electron chi connectivity index (χ0n) is 11.6. The maximum atomic E-state index is 11.7. The number of barbiturate groups is 1. The molecule has 1 aromatic rings. The lowest BCUT2D eigenvalue weighted by molar-refractivity contribution is -0.135. The molecule has 110 valence electrons. The van der Waals surface area contributed by atoms with Crippen LogP contribution in [0.3, 0.4) is 0 Å². The van der Waals surface area contributed by atoms with Gasteiger partial charge in [-0.2, -0.15) is 0 Å². The molecule has 0 unspecified atom stereocenters. The highest BCUT2D eigenvalue weighted by atomic mass is 16.7. The van der Waals surface area contributed by atoms with Crippen LogP contribution in [-0.4, -0.2) is 23.6 Å². The number of rotatable bonds is 2. The Bertz CT molecular complexity index is 633. The monoisotopic (exact) mass is 290 g/mol. The molecule has 7 nitrogen and oxygen atoms in total. The van der Waals surface area contributed by atoms with Gasteiger partial charge in [-0.05, 0) is 24.1 Å². The predicted octanol–water partition coefficient (Wildman–Crippen LogP) is 0.719. The van der Waals surface area contributed by atoms with Crippen LogP contribution in [0.15, 0.2) is 18.2 Å². The molecule has 2 heterocycles. The summed E-state index contributed by atoms with van der Waals surface area (Å²) in [6, 6.07) is 4.46. The molecular formula is C14H14N2O5. The molecule has 1 aromatic carbocycles. The molecule has 7 heteroatoms. The molecule has 1 saturated heterocycles. The van der Waals surface area contributed by atoms with E-state index in [-0.39, 0.29) is 6.42 Å². The summed E-state index contributed by atoms with van der Waals surface area (Å²) in [5.41, 5.74) is 0.750. The summed E-state index contributed by atoms with van der Waals surface area (Å²) in [5, 5.41) is 4.16. The number of fused-ring (bicyclic) bond motifs is 1. The number of ether oxygens (including phenoxy) is 2. The summed E-state index contributed by atoms with van der Waals surface area (Å²) >= 11 is 0. The van der Waals surface area contributed by atoms with E-state index >= 15 is 0 Å². The van der Waals surface area contributed by atoms with E-state index in [1.54, 1.807) is 32.0 Å². The van der Waals surface area contributed by atoms with E-state index in [1.807, 2.05) is 0 Å². The summed E-state index contributed by atoms with van der Waals surface area (Å²) in [6.45, 7) is 3.58. The first-order valence-electron chi connectivity index (χ1n) is 6.51. The second-order valence-electron chi connectivity index (χ2n) is 5.45. The van der Waals surface area contributed by atoms with Crippen LogP contribution in [0.1, 0.15) is 19.4 Å². The molecule has 0 aliphatic carbocycles. The Hall–Kier alpha value is -2.57. The van der Waals surface area contributed by atoms with Gasteiger partial charge in [-0.1, -0.05) is 6.07 Å². The van der Waals surface area contributed by atoms with Gasteiger partial charge in [0.25, 0.3) is 0 Å². The molecule has 4 amide bonds. The lowest BCUT2D eigenvalue weighted by atomic mass is 9.96. The lowest BCUT2D eigenvalue weighted by Gasteiger charge is -2.20. The van der Waals surface area contributed by atoms with Crippen molar-refractivity contribution >= 4 is 17.8 Å². The van der Waals surface area contributed by atoms with Gasteiger partial charge >= 0.3 is 6.03 Å². The van der Waals surface area contributed by atoms with Gasteiger partial charge in [0.1, 0.15) is 5.92 Å². The molecule has 0 atom stereocenters. The van der Waals surface area contributed by atoms with Gasteiger partial charge < -0.3 is 9.47 Å². The van der Waals surface area contributed by atoms with Gasteiger partial charge in [0.05, 0.1) is 0 Å². The smallest absolute Gasteiger partial charge is 0.328 e. The van der Waals surface area contributed by atoms with Crippen LogP contribution < -0.4 is 20.1 Å². The van der Waals surface area contributed by atoms with E-state index in [0.29, 0.717) is 11.5 Å². The van der Waals surface area contributed by atoms with Gasteiger partial charge in [-0.15, -0.1) is 0 Å². The fourth-order valence-electron chi connectivity index (χ4n) is 2.36. The molecule has 0 bridgehead atoms. The van der Waals surface area contributed by atoms with Crippen molar-refractivity contribution in [3.8, 4) is 11.5 Å². The first-order chi connectivity index (χ1) is 9.84. The fourth-order valence-corrected chi connectivity index (χ4v) is 2.36. The number of urea groups is 1. The van der Waals surface area contributed by atoms with Crippen LogP contribution in [0.4, 0.5) is 4.79 Å². The SMILES string of the molecule is CC1(C)Oc2ccc(CC3C(=O)NC(=O)NC3=O)cc2O1. The molecule has 0 radical (unpaired) electrons. The Balaban J connectivity index is 1.79. The maximum Gasteiger partial charge on any atom is 0.328 e. The van der Waals surface area contributed by atoms with E-state index in [2.05, 4.69) is 10.6 Å². The molecule has 1 fully saturated rings. The number of nitrogens with one attached hydrogen (secondary N) is 2. The van der Waals surface area contributed by atoms with Gasteiger partial charge in [-0.3, -0.25) is 20.2 Å². The van der Waals surface area contributed by atoms with Crippen LogP contribution >= 0.6 is 0 Å². The molecule has 3 rings (SSSR count). The number of hydrogen-bond acceptors (Lipinski definition) is 5. The first kappa shape index (κ1) is 13.4. The van der Waals surface area contributed by atoms with Crippen molar-refractivity contribution in [1.82, 2.24) is 10.6 Å². The van der Waals surface area contributed by atoms with Crippen molar-refractivity contribution in [3.05, 3.63) is 23.8 Å². The third kappa shape index (κ3) is 2.54. The Kier molecular flexibility index (Phi) is 2.86. The van der Waals surface area contributed by atoms with Crippen molar-refractivity contribution in [1.29, 1.82) is 0 Å². The molecule has 0 spiro atoms. The normalized spacial score (nSPS) is 20.2. The Labute approximate surface area is 120 Å². The third-order valence-corrected chi connectivity index (χ3v) is 3.27. The van der Waals surface area contributed by atoms with Crippen LogP contribution in [0, 0.1) is 5.92 Å². The Morgan fingerprint density at radius 1 is 1.05 bits per heavy atom. The predicted molar refractivity (Wildman–Crippen MR) is 70.7 cm³/mol. The number of hydrogen-bond donors (Lipinski definition) is 2. The number of imide groups is 2. The van der Waals surface area contributed by atoms with E-state index < -0.39 is 29.6 Å². The molecule has 21 heavy (non-hydrogen) atoms. The fraction of sp³-hybridized carbons (Fsp3) is 0.357. The van der Waals surface area contributed by atoms with Gasteiger partial charge in [0.15, 0.2) is 11.5 Å². The number of carbonyl (C=O) groups is 3. The molecule has 0 saturated carbocycles. The minimum Gasteiger partial charge on any atom is -0.449 e. The summed E-state index contributed by atoms with van der Waals surface area (Å²) in [5.74, 6) is -1.66. The van der Waals surface area contributed by atoms with Crippen molar-refractivity contribution in [3.63, 3.8) is 0 Å². The van der Waals surface area contributed by atoms with Crippen molar-refractivity contribution < 1.29 is 23.9 Å². The summed E-state index contributed by atoms with van der Waals surface area (Å²) in [4.78, 5) is 34.4. The van der Waals surface area contributed by atoms with E-state index in [1.165, 1.54) is 0 Å². The lowest BCUT2D eigenvalue weighted by Crippen LogP contribution is -2.56. The maximum absolute atomic E-state index is 11.7. The standard InChI is InChI=1S/C14H14N2O5/c1-14(2)20-9-4-3-7(6-10(9)21-14)5-8-11(17)15-13(19)16-12(8)18/h3-4,6,8H,5H2,1-2H3,(H2,15,16,17,18,19). The number of amides is 4. The zero-order valence-corrected chi connectivity index (χ0v) is 11.6. The van der Waals surface area contributed by atoms with Crippen molar-refractivity contribution in [2.75, 3.05) is 0 Å². The second-order valence-corrected chi connectivity index (χ2v) is 5.45. The van der Waals surface area contributed by atoms with Gasteiger partial charge in [0, 0.05) is 13.8 Å². The summed E-state index contributed by atoms with van der Waals surface area (Å²) < 4.78 is 11.2. The Morgan fingerprint density at radius 3 is 2.33 bits per heavy atom. The topological polar surface area (TPSA) is 93.7 Å². The quantitative estimate of drug-likeness (QED) is 0.783. The number of carbonyl (C=O) groups excluding carboxylic acids is 3. The van der Waals surface area contributed by atoms with Crippen molar-refractivity contribution in [2.24, 2.45) is 5.92 Å². The summed E-state index contributed by atoms with van der Waals surface area (Å²) in [7, 11) is 0. The summed E-state index contributed by atoms with van der Waals surface area (Å²) in [6.07, 6.45) is 0.183. The van der Waals surface area contributed by atoms with E-state index in [0.717, 1.165) is 5.56 Å². The minimum absolute atomic E-state index is 0.183. The average molecular weight is 290 g/mol. The van der Waals surface area contributed by atoms with Crippen LogP contribution in [0.5, 0.6) is 11.5 Å². The zero-order chi connectivity index (χ0) is 15.2.